The summed E-state index contributed by atoms with van der Waals surface area (Å²) in [5, 5.41) is 12.4. The van der Waals surface area contributed by atoms with Crippen molar-refractivity contribution in [2.45, 2.75) is 40.0 Å². The molecule has 1 aromatic rings. The van der Waals surface area contributed by atoms with Crippen LogP contribution in [0.2, 0.25) is 0 Å². The standard InChI is InChI=1S/C10H15NO.C4H8O/c1-7(2)8-4-5-9(11-3)10(12)6-8;1-3-4(2)5/h4-7,11-12H,1-3H3;3H2,1-2H3. The van der Waals surface area contributed by atoms with Crippen molar-refractivity contribution in [3.8, 4) is 5.75 Å². The normalized spacial score (nSPS) is 9.53. The fourth-order valence-corrected chi connectivity index (χ4v) is 1.12. The first kappa shape index (κ1) is 15.5. The monoisotopic (exact) mass is 237 g/mol. The third kappa shape index (κ3) is 5.95. The molecule has 0 amide bonds. The van der Waals surface area contributed by atoms with Crippen LogP contribution in [0.4, 0.5) is 5.69 Å². The number of nitrogens with one attached hydrogen (secondary N) is 1. The molecule has 0 atom stereocenters. The van der Waals surface area contributed by atoms with E-state index in [1.165, 1.54) is 0 Å². The molecule has 2 N–H and O–H groups in total. The lowest BCUT2D eigenvalue weighted by Crippen LogP contribution is -1.91. The molecule has 17 heavy (non-hydrogen) atoms. The second kappa shape index (κ2) is 7.71. The van der Waals surface area contributed by atoms with Gasteiger partial charge in [-0.25, -0.2) is 0 Å². The van der Waals surface area contributed by atoms with Crippen LogP contribution in [0.3, 0.4) is 0 Å². The van der Waals surface area contributed by atoms with E-state index in [1.807, 2.05) is 19.1 Å². The maximum atomic E-state index is 9.81. The maximum absolute atomic E-state index is 9.81. The topological polar surface area (TPSA) is 49.3 Å². The second-order valence-electron chi connectivity index (χ2n) is 4.24. The number of phenolic OH excluding ortho intramolecular Hbond substituents is 1. The number of anilines is 1. The number of Topliss-reactive ketones (excluding diaryl/α,β-unsaturated/α-hetero) is 1. The first-order chi connectivity index (χ1) is 7.92. The van der Waals surface area contributed by atoms with Crippen LogP contribution in [0.1, 0.15) is 45.6 Å². The quantitative estimate of drug-likeness (QED) is 0.790. The molecular weight excluding hydrogens is 214 g/mol. The third-order valence-electron chi connectivity index (χ3n) is 2.46. The average Bonchev–Trinajstić information content (AvgIpc) is 2.29. The summed E-state index contributed by atoms with van der Waals surface area (Å²) in [6.07, 6.45) is 0.667. The lowest BCUT2D eigenvalue weighted by Gasteiger charge is -2.08. The van der Waals surface area contributed by atoms with Crippen LogP contribution < -0.4 is 5.32 Å². The summed E-state index contributed by atoms with van der Waals surface area (Å²) in [5.41, 5.74) is 1.94. The van der Waals surface area contributed by atoms with Gasteiger partial charge in [0.15, 0.2) is 0 Å². The van der Waals surface area contributed by atoms with Crippen LogP contribution in [0, 0.1) is 0 Å². The number of rotatable bonds is 3. The molecule has 0 aliphatic carbocycles. The predicted octanol–water partition coefficient (Wildman–Crippen LogP) is 3.54. The van der Waals surface area contributed by atoms with Crippen molar-refractivity contribution < 1.29 is 9.90 Å². The van der Waals surface area contributed by atoms with Crippen molar-refractivity contribution in [2.75, 3.05) is 12.4 Å². The molecule has 0 spiro atoms. The summed E-state index contributed by atoms with van der Waals surface area (Å²) in [6, 6.07) is 5.72. The molecule has 1 aromatic carbocycles. The summed E-state index contributed by atoms with van der Waals surface area (Å²) in [5.74, 6) is 1.04. The van der Waals surface area contributed by atoms with Crippen LogP contribution >= 0.6 is 0 Å². The molecule has 1 rings (SSSR count). The summed E-state index contributed by atoms with van der Waals surface area (Å²) >= 11 is 0. The van der Waals surface area contributed by atoms with E-state index in [9.17, 15) is 9.90 Å². The van der Waals surface area contributed by atoms with Crippen LogP contribution in [0.25, 0.3) is 0 Å². The Morgan fingerprint density at radius 3 is 2.24 bits per heavy atom. The summed E-state index contributed by atoms with van der Waals surface area (Å²) in [7, 11) is 1.80. The minimum absolute atomic E-state index is 0.255. The Labute approximate surface area is 104 Å². The highest BCUT2D eigenvalue weighted by Gasteiger charge is 2.02. The number of benzene rings is 1. The molecule has 3 heteroatoms. The van der Waals surface area contributed by atoms with Crippen molar-refractivity contribution in [1.82, 2.24) is 0 Å². The third-order valence-corrected chi connectivity index (χ3v) is 2.46. The van der Waals surface area contributed by atoms with Gasteiger partial charge in [-0.1, -0.05) is 26.8 Å². The molecule has 0 aliphatic heterocycles. The Morgan fingerprint density at radius 2 is 1.94 bits per heavy atom. The molecule has 0 aromatic heterocycles. The SMILES string of the molecule is CCC(C)=O.CNc1ccc(C(C)C)cc1O. The van der Waals surface area contributed by atoms with E-state index >= 15 is 0 Å². The number of ketones is 1. The van der Waals surface area contributed by atoms with Gasteiger partial charge in [0.25, 0.3) is 0 Å². The van der Waals surface area contributed by atoms with Crippen molar-refractivity contribution in [2.24, 2.45) is 0 Å². The smallest absolute Gasteiger partial charge is 0.138 e. The largest absolute Gasteiger partial charge is 0.506 e. The van der Waals surface area contributed by atoms with Crippen LogP contribution in [-0.2, 0) is 4.79 Å². The number of phenols is 1. The van der Waals surface area contributed by atoms with Crippen molar-refractivity contribution in [1.29, 1.82) is 0 Å². The average molecular weight is 237 g/mol. The van der Waals surface area contributed by atoms with E-state index in [2.05, 4.69) is 19.2 Å². The molecule has 0 bridgehead atoms. The Hall–Kier alpha value is -1.51. The Balaban J connectivity index is 0.000000437. The van der Waals surface area contributed by atoms with Gasteiger partial charge in [-0.2, -0.15) is 0 Å². The summed E-state index contributed by atoms with van der Waals surface area (Å²) < 4.78 is 0. The van der Waals surface area contributed by atoms with Crippen molar-refractivity contribution in [3.63, 3.8) is 0 Å². The highest BCUT2D eigenvalue weighted by molar-refractivity contribution is 5.74. The van der Waals surface area contributed by atoms with Crippen molar-refractivity contribution >= 4 is 11.5 Å². The lowest BCUT2D eigenvalue weighted by molar-refractivity contribution is -0.116. The number of carbonyl (C=O) groups excluding carboxylic acids is 1. The van der Waals surface area contributed by atoms with Crippen molar-refractivity contribution in [3.05, 3.63) is 23.8 Å². The molecule has 0 fully saturated rings. The van der Waals surface area contributed by atoms with Crippen LogP contribution in [0.15, 0.2) is 18.2 Å². The van der Waals surface area contributed by atoms with Gasteiger partial charge in [0.05, 0.1) is 5.69 Å². The fraction of sp³-hybridized carbons (Fsp3) is 0.500. The zero-order chi connectivity index (χ0) is 13.4. The van der Waals surface area contributed by atoms with Gasteiger partial charge < -0.3 is 15.2 Å². The van der Waals surface area contributed by atoms with Gasteiger partial charge in [-0.3, -0.25) is 0 Å². The molecule has 96 valence electrons. The Morgan fingerprint density at radius 1 is 1.41 bits per heavy atom. The molecule has 0 aliphatic rings. The van der Waals surface area contributed by atoms with E-state index in [-0.39, 0.29) is 5.78 Å². The Kier molecular flexibility index (Phi) is 7.03. The first-order valence-electron chi connectivity index (χ1n) is 5.92. The zero-order valence-electron chi connectivity index (χ0n) is 11.4. The highest BCUT2D eigenvalue weighted by atomic mass is 16.3. The molecule has 0 unspecified atom stereocenters. The van der Waals surface area contributed by atoms with E-state index < -0.39 is 0 Å². The van der Waals surface area contributed by atoms with Gasteiger partial charge in [0.1, 0.15) is 11.5 Å². The fourth-order valence-electron chi connectivity index (χ4n) is 1.12. The number of hydrogen-bond donors (Lipinski definition) is 2. The van der Waals surface area contributed by atoms with Gasteiger partial charge in [0.2, 0.25) is 0 Å². The highest BCUT2D eigenvalue weighted by Crippen LogP contribution is 2.26. The number of carbonyl (C=O) groups is 1. The lowest BCUT2D eigenvalue weighted by atomic mass is 10.0. The van der Waals surface area contributed by atoms with Gasteiger partial charge in [0, 0.05) is 13.5 Å². The van der Waals surface area contributed by atoms with E-state index in [1.54, 1.807) is 20.0 Å². The number of hydrogen-bond acceptors (Lipinski definition) is 3. The van der Waals surface area contributed by atoms with E-state index in [4.69, 9.17) is 0 Å². The molecule has 0 saturated heterocycles. The van der Waals surface area contributed by atoms with Crippen LogP contribution in [-0.4, -0.2) is 17.9 Å². The molecular formula is C14H23NO2. The molecule has 0 heterocycles. The second-order valence-corrected chi connectivity index (χ2v) is 4.24. The molecule has 0 saturated carbocycles. The van der Waals surface area contributed by atoms with Gasteiger partial charge in [-0.05, 0) is 30.5 Å². The maximum Gasteiger partial charge on any atom is 0.138 e. The molecule has 3 nitrogen and oxygen atoms in total. The number of aromatic hydroxyl groups is 1. The zero-order valence-corrected chi connectivity index (χ0v) is 11.4. The van der Waals surface area contributed by atoms with E-state index in [0.29, 0.717) is 18.1 Å². The minimum Gasteiger partial charge on any atom is -0.506 e. The minimum atomic E-state index is 0.255. The van der Waals surface area contributed by atoms with Gasteiger partial charge >= 0.3 is 0 Å². The van der Waals surface area contributed by atoms with Crippen LogP contribution in [0.5, 0.6) is 5.75 Å². The van der Waals surface area contributed by atoms with Gasteiger partial charge in [-0.15, -0.1) is 0 Å². The first-order valence-corrected chi connectivity index (χ1v) is 5.92. The predicted molar refractivity (Wildman–Crippen MR) is 72.7 cm³/mol. The molecule has 0 radical (unpaired) electrons. The summed E-state index contributed by atoms with van der Waals surface area (Å²) in [4.78, 5) is 9.81. The summed E-state index contributed by atoms with van der Waals surface area (Å²) in [6.45, 7) is 7.64. The Bertz CT molecular complexity index is 359. The van der Waals surface area contributed by atoms with E-state index in [0.717, 1.165) is 11.3 Å².